The molecule has 0 bridgehead atoms. The highest BCUT2D eigenvalue weighted by molar-refractivity contribution is 5.97. The number of carbonyl (C=O) groups is 3. The first kappa shape index (κ1) is 14.6. The van der Waals surface area contributed by atoms with Gasteiger partial charge in [0.15, 0.2) is 0 Å². The van der Waals surface area contributed by atoms with Crippen LogP contribution in [0.15, 0.2) is 18.2 Å². The summed E-state index contributed by atoms with van der Waals surface area (Å²) in [5.74, 6) is -1.53. The SMILES string of the molecule is Cc1c(C)n(CC(=O)NC(N)=O)c2ccc(C(=O)O)cc12. The quantitative estimate of drug-likeness (QED) is 0.786. The molecule has 0 spiro atoms. The maximum Gasteiger partial charge on any atom is 0.335 e. The second-order valence-electron chi connectivity index (χ2n) is 4.75. The molecule has 2 aromatic rings. The number of nitrogens with two attached hydrogens (primary N) is 1. The van der Waals surface area contributed by atoms with Gasteiger partial charge >= 0.3 is 12.0 Å². The highest BCUT2D eigenvalue weighted by Gasteiger charge is 2.15. The summed E-state index contributed by atoms with van der Waals surface area (Å²) in [4.78, 5) is 33.4. The van der Waals surface area contributed by atoms with Crippen molar-refractivity contribution in [3.05, 3.63) is 35.0 Å². The Labute approximate surface area is 120 Å². The largest absolute Gasteiger partial charge is 0.478 e. The van der Waals surface area contributed by atoms with Gasteiger partial charge in [-0.05, 0) is 37.6 Å². The van der Waals surface area contributed by atoms with E-state index in [2.05, 4.69) is 0 Å². The topological polar surface area (TPSA) is 114 Å². The Morgan fingerprint density at radius 3 is 2.52 bits per heavy atom. The van der Waals surface area contributed by atoms with Crippen LogP contribution >= 0.6 is 0 Å². The summed E-state index contributed by atoms with van der Waals surface area (Å²) in [7, 11) is 0. The molecule has 4 N–H and O–H groups in total. The van der Waals surface area contributed by atoms with Gasteiger partial charge in [-0.2, -0.15) is 0 Å². The van der Waals surface area contributed by atoms with E-state index in [4.69, 9.17) is 10.8 Å². The standard InChI is InChI=1S/C14H15N3O4/c1-7-8(2)17(6-12(18)16-14(15)21)11-4-3-9(13(19)20)5-10(7)11/h3-5H,6H2,1-2H3,(H,19,20)(H3,15,16,18,21). The van der Waals surface area contributed by atoms with E-state index in [1.165, 1.54) is 6.07 Å². The second-order valence-corrected chi connectivity index (χ2v) is 4.75. The molecule has 0 fully saturated rings. The molecule has 0 aliphatic heterocycles. The van der Waals surface area contributed by atoms with E-state index in [0.29, 0.717) is 0 Å². The summed E-state index contributed by atoms with van der Waals surface area (Å²) in [6.07, 6.45) is 0. The zero-order valence-corrected chi connectivity index (χ0v) is 11.6. The van der Waals surface area contributed by atoms with Gasteiger partial charge in [0.25, 0.3) is 0 Å². The zero-order valence-electron chi connectivity index (χ0n) is 11.6. The maximum absolute atomic E-state index is 11.7. The molecule has 2 rings (SSSR count). The van der Waals surface area contributed by atoms with Crippen LogP contribution in [0.2, 0.25) is 0 Å². The van der Waals surface area contributed by atoms with Gasteiger partial charge in [0.1, 0.15) is 6.54 Å². The second kappa shape index (κ2) is 5.28. The molecule has 0 radical (unpaired) electrons. The number of amides is 3. The number of benzene rings is 1. The number of urea groups is 1. The fourth-order valence-electron chi connectivity index (χ4n) is 2.31. The predicted molar refractivity (Wildman–Crippen MR) is 76.1 cm³/mol. The number of imide groups is 1. The van der Waals surface area contributed by atoms with Crippen molar-refractivity contribution in [2.75, 3.05) is 0 Å². The lowest BCUT2D eigenvalue weighted by molar-refractivity contribution is -0.120. The van der Waals surface area contributed by atoms with Crippen molar-refractivity contribution < 1.29 is 19.5 Å². The van der Waals surface area contributed by atoms with Gasteiger partial charge in [0.2, 0.25) is 5.91 Å². The van der Waals surface area contributed by atoms with Crippen molar-refractivity contribution in [1.82, 2.24) is 9.88 Å². The molecule has 7 heteroatoms. The average Bonchev–Trinajstić information content (AvgIpc) is 2.62. The third kappa shape index (κ3) is 2.71. The number of nitrogens with one attached hydrogen (secondary N) is 1. The van der Waals surface area contributed by atoms with E-state index in [9.17, 15) is 14.4 Å². The number of carboxylic acids is 1. The van der Waals surface area contributed by atoms with Crippen molar-refractivity contribution in [2.24, 2.45) is 5.73 Å². The van der Waals surface area contributed by atoms with E-state index < -0.39 is 17.9 Å². The zero-order chi connectivity index (χ0) is 15.7. The van der Waals surface area contributed by atoms with Gasteiger partial charge < -0.3 is 15.4 Å². The van der Waals surface area contributed by atoms with E-state index >= 15 is 0 Å². The molecular formula is C14H15N3O4. The lowest BCUT2D eigenvalue weighted by Gasteiger charge is -2.07. The van der Waals surface area contributed by atoms with Crippen LogP contribution < -0.4 is 11.1 Å². The number of aromatic carboxylic acids is 1. The van der Waals surface area contributed by atoms with Gasteiger partial charge in [0.05, 0.1) is 5.56 Å². The van der Waals surface area contributed by atoms with Gasteiger partial charge in [-0.1, -0.05) is 0 Å². The number of fused-ring (bicyclic) bond motifs is 1. The summed E-state index contributed by atoms with van der Waals surface area (Å²) in [5, 5.41) is 11.8. The smallest absolute Gasteiger partial charge is 0.335 e. The highest BCUT2D eigenvalue weighted by Crippen LogP contribution is 2.26. The average molecular weight is 289 g/mol. The number of carboxylic acid groups (broad SMARTS) is 1. The number of nitrogens with zero attached hydrogens (tertiary/aromatic N) is 1. The first-order valence-corrected chi connectivity index (χ1v) is 6.23. The Hall–Kier alpha value is -2.83. The molecule has 0 saturated heterocycles. The van der Waals surface area contributed by atoms with E-state index in [-0.39, 0.29) is 12.1 Å². The first-order valence-electron chi connectivity index (χ1n) is 6.23. The summed E-state index contributed by atoms with van der Waals surface area (Å²) in [6, 6.07) is 3.80. The number of carbonyl (C=O) groups excluding carboxylic acids is 2. The van der Waals surface area contributed by atoms with Crippen LogP contribution in [0, 0.1) is 13.8 Å². The number of hydrogen-bond donors (Lipinski definition) is 3. The highest BCUT2D eigenvalue weighted by atomic mass is 16.4. The maximum atomic E-state index is 11.7. The lowest BCUT2D eigenvalue weighted by atomic mass is 10.1. The predicted octanol–water partition coefficient (Wildman–Crippen LogP) is 1.15. The number of aryl methyl sites for hydroxylation is 1. The summed E-state index contributed by atoms with van der Waals surface area (Å²) >= 11 is 0. The normalized spacial score (nSPS) is 10.6. The van der Waals surface area contributed by atoms with Crippen LogP contribution in [0.25, 0.3) is 10.9 Å². The van der Waals surface area contributed by atoms with E-state index in [0.717, 1.165) is 22.2 Å². The molecule has 0 saturated carbocycles. The molecular weight excluding hydrogens is 274 g/mol. The fraction of sp³-hybridized carbons (Fsp3) is 0.214. The van der Waals surface area contributed by atoms with Crippen molar-refractivity contribution in [1.29, 1.82) is 0 Å². The van der Waals surface area contributed by atoms with Crippen LogP contribution in [-0.4, -0.2) is 27.6 Å². The first-order chi connectivity index (χ1) is 9.81. The molecule has 21 heavy (non-hydrogen) atoms. The van der Waals surface area contributed by atoms with Crippen LogP contribution in [-0.2, 0) is 11.3 Å². The van der Waals surface area contributed by atoms with Gasteiger partial charge in [-0.25, -0.2) is 9.59 Å². The third-order valence-corrected chi connectivity index (χ3v) is 3.45. The molecule has 0 unspecified atom stereocenters. The van der Waals surface area contributed by atoms with Crippen molar-refractivity contribution >= 4 is 28.8 Å². The van der Waals surface area contributed by atoms with Crippen molar-refractivity contribution in [3.63, 3.8) is 0 Å². The number of hydrogen-bond acceptors (Lipinski definition) is 3. The van der Waals surface area contributed by atoms with Gasteiger partial charge in [-0.3, -0.25) is 10.1 Å². The Bertz CT molecular complexity index is 761. The third-order valence-electron chi connectivity index (χ3n) is 3.45. The van der Waals surface area contributed by atoms with E-state index in [1.54, 1.807) is 16.7 Å². The Balaban J connectivity index is 2.49. The molecule has 3 amide bonds. The van der Waals surface area contributed by atoms with Crippen LogP contribution in [0.5, 0.6) is 0 Å². The Morgan fingerprint density at radius 1 is 1.29 bits per heavy atom. The molecule has 110 valence electrons. The number of rotatable bonds is 3. The number of aromatic nitrogens is 1. The molecule has 1 aromatic heterocycles. The molecule has 1 aromatic carbocycles. The molecule has 0 atom stereocenters. The van der Waals surface area contributed by atoms with E-state index in [1.807, 2.05) is 19.2 Å². The summed E-state index contributed by atoms with van der Waals surface area (Å²) in [5.41, 5.74) is 7.54. The Kier molecular flexibility index (Phi) is 3.66. The Morgan fingerprint density at radius 2 is 1.95 bits per heavy atom. The summed E-state index contributed by atoms with van der Waals surface area (Å²) < 4.78 is 1.72. The minimum Gasteiger partial charge on any atom is -0.478 e. The minimum atomic E-state index is -1.01. The van der Waals surface area contributed by atoms with Gasteiger partial charge in [-0.15, -0.1) is 0 Å². The molecule has 1 heterocycles. The molecule has 0 aliphatic carbocycles. The monoisotopic (exact) mass is 289 g/mol. The fourth-order valence-corrected chi connectivity index (χ4v) is 2.31. The van der Waals surface area contributed by atoms with Gasteiger partial charge in [0, 0.05) is 16.6 Å². The van der Waals surface area contributed by atoms with Crippen LogP contribution in [0.1, 0.15) is 21.6 Å². The summed E-state index contributed by atoms with van der Waals surface area (Å²) in [6.45, 7) is 3.62. The number of primary amides is 1. The minimum absolute atomic E-state index is 0.0640. The van der Waals surface area contributed by atoms with Crippen molar-refractivity contribution in [3.8, 4) is 0 Å². The molecule has 7 nitrogen and oxygen atoms in total. The van der Waals surface area contributed by atoms with Crippen LogP contribution in [0.4, 0.5) is 4.79 Å². The van der Waals surface area contributed by atoms with Crippen LogP contribution in [0.3, 0.4) is 0 Å². The van der Waals surface area contributed by atoms with Crippen molar-refractivity contribution in [2.45, 2.75) is 20.4 Å². The lowest BCUT2D eigenvalue weighted by Crippen LogP contribution is -2.37. The molecule has 0 aliphatic rings.